The van der Waals surface area contributed by atoms with Crippen molar-refractivity contribution in [3.63, 3.8) is 0 Å². The number of benzene rings is 1. The molecule has 2 rings (SSSR count). The molecule has 0 radical (unpaired) electrons. The highest BCUT2D eigenvalue weighted by molar-refractivity contribution is 7.54. The van der Waals surface area contributed by atoms with Crippen LogP contribution < -0.4 is 0 Å². The van der Waals surface area contributed by atoms with E-state index in [1.165, 1.54) is 23.5 Å². The zero-order chi connectivity index (χ0) is 23.4. The van der Waals surface area contributed by atoms with Crippen LogP contribution in [0.25, 0.3) is 10.1 Å². The van der Waals surface area contributed by atoms with Gasteiger partial charge in [-0.1, -0.05) is 6.07 Å². The van der Waals surface area contributed by atoms with Crippen LogP contribution in [0.15, 0.2) is 29.6 Å². The van der Waals surface area contributed by atoms with Crippen LogP contribution in [-0.2, 0) is 32.7 Å². The van der Waals surface area contributed by atoms with E-state index in [4.69, 9.17) is 18.5 Å². The number of carbonyl (C=O) groups excluding carboxylic acids is 2. The standard InChI is InChI=1S/C21H28FO7PS/c1-20(2,3)18(23)26-12-28-30(25,29-13-27-19(24)21(4,5)6)17(22)15-7-8-16-14(11-15)9-10-31-16/h7-11,17H,12-13H2,1-6H3/t17-/m0/s1. The van der Waals surface area contributed by atoms with Gasteiger partial charge in [0.25, 0.3) is 0 Å². The van der Waals surface area contributed by atoms with Gasteiger partial charge < -0.3 is 9.47 Å². The van der Waals surface area contributed by atoms with Crippen molar-refractivity contribution in [2.45, 2.75) is 47.5 Å². The molecule has 0 bridgehead atoms. The van der Waals surface area contributed by atoms with E-state index in [9.17, 15) is 14.2 Å². The predicted octanol–water partition coefficient (Wildman–Crippen LogP) is 6.19. The summed E-state index contributed by atoms with van der Waals surface area (Å²) in [6.07, 6.45) is 0. The second kappa shape index (κ2) is 9.77. The minimum Gasteiger partial charge on any atom is -0.438 e. The molecule has 0 aliphatic rings. The molecule has 7 nitrogen and oxygen atoms in total. The lowest BCUT2D eigenvalue weighted by Crippen LogP contribution is -2.25. The Hall–Kier alpha value is -1.80. The van der Waals surface area contributed by atoms with Crippen LogP contribution in [0.1, 0.15) is 53.0 Å². The fourth-order valence-electron chi connectivity index (χ4n) is 2.22. The Labute approximate surface area is 185 Å². The van der Waals surface area contributed by atoms with Crippen molar-refractivity contribution >= 4 is 41.0 Å². The lowest BCUT2D eigenvalue weighted by molar-refractivity contribution is -0.162. The molecule has 0 spiro atoms. The third kappa shape index (κ3) is 6.84. The minimum atomic E-state index is -4.53. The Morgan fingerprint density at radius 1 is 0.968 bits per heavy atom. The number of esters is 2. The second-order valence-corrected chi connectivity index (χ2v) is 11.9. The smallest absolute Gasteiger partial charge is 0.374 e. The molecule has 0 aliphatic carbocycles. The van der Waals surface area contributed by atoms with Crippen LogP contribution in [0.3, 0.4) is 0 Å². The fourth-order valence-corrected chi connectivity index (χ4v) is 4.26. The van der Waals surface area contributed by atoms with Gasteiger partial charge in [0.2, 0.25) is 19.5 Å². The molecular formula is C21H28FO7PS. The summed E-state index contributed by atoms with van der Waals surface area (Å²) in [5.74, 6) is -3.42. The highest BCUT2D eigenvalue weighted by Gasteiger charge is 2.40. The maximum absolute atomic E-state index is 15.3. The van der Waals surface area contributed by atoms with Crippen molar-refractivity contribution in [1.82, 2.24) is 0 Å². The van der Waals surface area contributed by atoms with Crippen molar-refractivity contribution < 1.29 is 37.1 Å². The first kappa shape index (κ1) is 25.5. The van der Waals surface area contributed by atoms with Gasteiger partial charge in [0, 0.05) is 4.70 Å². The first-order chi connectivity index (χ1) is 14.2. The molecule has 31 heavy (non-hydrogen) atoms. The maximum Gasteiger partial charge on any atom is 0.374 e. The van der Waals surface area contributed by atoms with Crippen LogP contribution >= 0.6 is 18.9 Å². The van der Waals surface area contributed by atoms with E-state index in [1.54, 1.807) is 53.7 Å². The summed E-state index contributed by atoms with van der Waals surface area (Å²) in [6.45, 7) is 8.23. The summed E-state index contributed by atoms with van der Waals surface area (Å²) in [7, 11) is -4.53. The quantitative estimate of drug-likeness (QED) is 0.256. The number of rotatable bonds is 8. The zero-order valence-corrected chi connectivity index (χ0v) is 20.2. The zero-order valence-electron chi connectivity index (χ0n) is 18.5. The van der Waals surface area contributed by atoms with E-state index in [0.717, 1.165) is 10.1 Å². The Bertz CT molecular complexity index is 938. The number of hydrogen-bond acceptors (Lipinski definition) is 8. The number of ether oxygens (including phenoxy) is 2. The average Bonchev–Trinajstić information content (AvgIpc) is 3.13. The first-order valence-electron chi connectivity index (χ1n) is 9.58. The van der Waals surface area contributed by atoms with E-state index in [2.05, 4.69) is 0 Å². The van der Waals surface area contributed by atoms with Gasteiger partial charge in [-0.25, -0.2) is 4.39 Å². The topological polar surface area (TPSA) is 88.1 Å². The lowest BCUT2D eigenvalue weighted by Gasteiger charge is -2.24. The minimum absolute atomic E-state index is 0.0681. The normalized spacial score (nSPS) is 13.8. The van der Waals surface area contributed by atoms with Gasteiger partial charge >= 0.3 is 19.5 Å². The van der Waals surface area contributed by atoms with Gasteiger partial charge in [-0.05, 0) is 76.1 Å². The molecule has 1 aromatic heterocycles. The molecule has 0 saturated carbocycles. The van der Waals surface area contributed by atoms with Crippen LogP contribution in [0, 0.1) is 10.8 Å². The summed E-state index contributed by atoms with van der Waals surface area (Å²) >= 11 is 1.48. The van der Waals surface area contributed by atoms with Crippen molar-refractivity contribution in [3.8, 4) is 0 Å². The molecule has 1 heterocycles. The summed E-state index contributed by atoms with van der Waals surface area (Å²) in [5, 5.41) is 2.63. The summed E-state index contributed by atoms with van der Waals surface area (Å²) in [6, 6.07) is 6.52. The third-order valence-corrected chi connectivity index (χ3v) is 6.78. The van der Waals surface area contributed by atoms with E-state index in [-0.39, 0.29) is 5.56 Å². The molecule has 0 saturated heterocycles. The lowest BCUT2D eigenvalue weighted by atomic mass is 9.98. The van der Waals surface area contributed by atoms with Crippen molar-refractivity contribution in [2.75, 3.05) is 13.6 Å². The monoisotopic (exact) mass is 474 g/mol. The fraction of sp³-hybridized carbons (Fsp3) is 0.524. The van der Waals surface area contributed by atoms with Crippen molar-refractivity contribution in [1.29, 1.82) is 0 Å². The van der Waals surface area contributed by atoms with Gasteiger partial charge in [-0.2, -0.15) is 0 Å². The van der Waals surface area contributed by atoms with E-state index < -0.39 is 49.9 Å². The Morgan fingerprint density at radius 3 is 1.97 bits per heavy atom. The van der Waals surface area contributed by atoms with Gasteiger partial charge in [-0.3, -0.25) is 23.2 Å². The third-order valence-electron chi connectivity index (χ3n) is 4.10. The summed E-state index contributed by atoms with van der Waals surface area (Å²) < 4.78 is 49.6. The van der Waals surface area contributed by atoms with Crippen molar-refractivity contribution in [2.24, 2.45) is 10.8 Å². The molecule has 1 aromatic carbocycles. The number of fused-ring (bicyclic) bond motifs is 1. The van der Waals surface area contributed by atoms with Crippen LogP contribution in [0.4, 0.5) is 4.39 Å². The molecule has 0 amide bonds. The van der Waals surface area contributed by atoms with Crippen LogP contribution in [-0.4, -0.2) is 25.5 Å². The molecule has 10 heteroatoms. The van der Waals surface area contributed by atoms with E-state index >= 15 is 4.39 Å². The average molecular weight is 474 g/mol. The number of alkyl halides is 1. The predicted molar refractivity (Wildman–Crippen MR) is 116 cm³/mol. The number of carbonyl (C=O) groups is 2. The number of halogens is 1. The molecule has 0 aliphatic heterocycles. The van der Waals surface area contributed by atoms with Gasteiger partial charge in [-0.15, -0.1) is 11.3 Å². The SMILES string of the molecule is CC(C)(C)C(=O)OCOP(=O)(OCOC(=O)C(C)(C)C)[C@H](F)c1ccc2sccc2c1. The van der Waals surface area contributed by atoms with E-state index in [1.807, 2.05) is 5.38 Å². The molecule has 0 N–H and O–H groups in total. The molecule has 0 fully saturated rings. The number of hydrogen-bond donors (Lipinski definition) is 0. The molecule has 0 unspecified atom stereocenters. The van der Waals surface area contributed by atoms with Crippen LogP contribution in [0.2, 0.25) is 0 Å². The second-order valence-electron chi connectivity index (χ2n) is 8.95. The molecule has 172 valence electrons. The highest BCUT2D eigenvalue weighted by Crippen LogP contribution is 2.62. The largest absolute Gasteiger partial charge is 0.438 e. The molecule has 1 atom stereocenters. The first-order valence-corrected chi connectivity index (χ1v) is 12.1. The molecular weight excluding hydrogens is 446 g/mol. The van der Waals surface area contributed by atoms with E-state index in [0.29, 0.717) is 0 Å². The molecule has 2 aromatic rings. The van der Waals surface area contributed by atoms with Gasteiger partial charge in [0.05, 0.1) is 10.8 Å². The van der Waals surface area contributed by atoms with Gasteiger partial charge in [0.15, 0.2) is 0 Å². The van der Waals surface area contributed by atoms with Gasteiger partial charge in [0.1, 0.15) is 0 Å². The maximum atomic E-state index is 15.3. The summed E-state index contributed by atoms with van der Waals surface area (Å²) in [4.78, 5) is 23.9. The van der Waals surface area contributed by atoms with Crippen molar-refractivity contribution in [3.05, 3.63) is 35.2 Å². The number of thiophene rings is 1. The Balaban J connectivity index is 2.17. The highest BCUT2D eigenvalue weighted by atomic mass is 32.1. The summed E-state index contributed by atoms with van der Waals surface area (Å²) in [5.41, 5.74) is -1.58. The Kier molecular flexibility index (Phi) is 8.03. The van der Waals surface area contributed by atoms with Crippen LogP contribution in [0.5, 0.6) is 0 Å². The Morgan fingerprint density at radius 2 is 1.48 bits per heavy atom.